The van der Waals surface area contributed by atoms with Gasteiger partial charge in [-0.3, -0.25) is 24.2 Å². The van der Waals surface area contributed by atoms with Crippen molar-refractivity contribution in [2.45, 2.75) is 57.2 Å². The number of hydrogen-bond acceptors (Lipinski definition) is 6. The molecule has 8 nitrogen and oxygen atoms in total. The minimum Gasteiger partial charge on any atom is -0.466 e. The van der Waals surface area contributed by atoms with Gasteiger partial charge in [-0.25, -0.2) is 5.48 Å². The fourth-order valence-electron chi connectivity index (χ4n) is 5.97. The van der Waals surface area contributed by atoms with Crippen molar-refractivity contribution in [2.24, 2.45) is 5.92 Å². The fraction of sp³-hybridized carbons (Fsp3) is 0.355. The second-order valence-electron chi connectivity index (χ2n) is 10.2. The highest BCUT2D eigenvalue weighted by Gasteiger charge is 2.50. The number of nitrogens with one attached hydrogen (secondary N) is 1. The van der Waals surface area contributed by atoms with Gasteiger partial charge in [0.05, 0.1) is 30.2 Å². The number of carbonyl (C=O) groups is 3. The van der Waals surface area contributed by atoms with Crippen LogP contribution in [0, 0.1) is 5.92 Å². The van der Waals surface area contributed by atoms with E-state index in [1.165, 1.54) is 0 Å². The van der Waals surface area contributed by atoms with E-state index in [2.05, 4.69) is 10.5 Å². The molecular formula is C31H31Cl2N3O5. The van der Waals surface area contributed by atoms with Gasteiger partial charge in [0.1, 0.15) is 6.61 Å². The molecule has 2 aliphatic rings. The van der Waals surface area contributed by atoms with Gasteiger partial charge in [0.2, 0.25) is 0 Å². The molecule has 1 aliphatic heterocycles. The van der Waals surface area contributed by atoms with E-state index >= 15 is 0 Å². The summed E-state index contributed by atoms with van der Waals surface area (Å²) in [4.78, 5) is 53.0. The maximum absolute atomic E-state index is 14.3. The summed E-state index contributed by atoms with van der Waals surface area (Å²) in [5.74, 6) is -2.49. The first-order valence-corrected chi connectivity index (χ1v) is 14.5. The molecule has 0 saturated heterocycles. The normalized spacial score (nSPS) is 22.1. The zero-order chi connectivity index (χ0) is 28.9. The number of amides is 2. The molecule has 10 heteroatoms. The first-order valence-electron chi connectivity index (χ1n) is 13.8. The highest BCUT2D eigenvalue weighted by atomic mass is 35.5. The first kappa shape index (κ1) is 29.0. The van der Waals surface area contributed by atoms with Crippen molar-refractivity contribution in [3.8, 4) is 0 Å². The lowest BCUT2D eigenvalue weighted by Gasteiger charge is -2.48. The molecule has 1 saturated carbocycles. The number of halogens is 2. The van der Waals surface area contributed by atoms with Crippen LogP contribution in [0.3, 0.4) is 0 Å². The number of pyridine rings is 1. The Morgan fingerprint density at radius 2 is 1.80 bits per heavy atom. The van der Waals surface area contributed by atoms with Crippen LogP contribution in [0.5, 0.6) is 0 Å². The molecule has 214 valence electrons. The number of benzene rings is 2. The predicted molar refractivity (Wildman–Crippen MR) is 154 cm³/mol. The van der Waals surface area contributed by atoms with Crippen LogP contribution in [0.4, 0.5) is 0 Å². The van der Waals surface area contributed by atoms with Gasteiger partial charge >= 0.3 is 5.97 Å². The van der Waals surface area contributed by atoms with E-state index in [4.69, 9.17) is 32.8 Å². The molecular weight excluding hydrogens is 565 g/mol. The Kier molecular flexibility index (Phi) is 9.22. The number of aromatic nitrogens is 1. The zero-order valence-electron chi connectivity index (χ0n) is 22.6. The number of hydroxylamine groups is 1. The summed E-state index contributed by atoms with van der Waals surface area (Å²) < 4.78 is 5.43. The molecule has 2 amide bonds. The van der Waals surface area contributed by atoms with E-state index in [9.17, 15) is 14.4 Å². The number of ether oxygens (including phenoxy) is 1. The second kappa shape index (κ2) is 13.0. The van der Waals surface area contributed by atoms with Gasteiger partial charge in [-0.2, -0.15) is 0 Å². The first-order chi connectivity index (χ1) is 19.9. The molecule has 41 heavy (non-hydrogen) atoms. The Bertz CT molecular complexity index is 1420. The van der Waals surface area contributed by atoms with Crippen molar-refractivity contribution in [3.05, 3.63) is 99.3 Å². The van der Waals surface area contributed by atoms with Crippen LogP contribution in [-0.2, 0) is 25.8 Å². The van der Waals surface area contributed by atoms with E-state index in [0.29, 0.717) is 45.3 Å². The van der Waals surface area contributed by atoms with Crippen molar-refractivity contribution < 1.29 is 24.0 Å². The van der Waals surface area contributed by atoms with Gasteiger partial charge in [0, 0.05) is 27.8 Å². The Morgan fingerprint density at radius 1 is 1.02 bits per heavy atom. The van der Waals surface area contributed by atoms with Gasteiger partial charge in [-0.05, 0) is 61.2 Å². The smallest absolute Gasteiger partial charge is 0.311 e. The average Bonchev–Trinajstić information content (AvgIpc) is 2.98. The van der Waals surface area contributed by atoms with Crippen LogP contribution < -0.4 is 5.48 Å². The molecule has 5 rings (SSSR count). The average molecular weight is 597 g/mol. The second-order valence-corrected chi connectivity index (χ2v) is 11.0. The summed E-state index contributed by atoms with van der Waals surface area (Å²) in [5.41, 5.74) is 4.73. The van der Waals surface area contributed by atoms with Gasteiger partial charge in [0.15, 0.2) is 0 Å². The van der Waals surface area contributed by atoms with Crippen molar-refractivity contribution >= 4 is 41.0 Å². The lowest BCUT2D eigenvalue weighted by Crippen LogP contribution is -2.55. The highest BCUT2D eigenvalue weighted by Crippen LogP contribution is 2.48. The molecule has 0 spiro atoms. The Morgan fingerprint density at radius 3 is 2.56 bits per heavy atom. The highest BCUT2D eigenvalue weighted by molar-refractivity contribution is 6.35. The SMILES string of the molecule is CCOC(=O)C1CCCCC1N1C(=O)c2ccccc2C(C(=O)NOCc2ccccn2)C1c1ccc(Cl)cc1Cl. The van der Waals surface area contributed by atoms with Crippen molar-refractivity contribution in [2.75, 3.05) is 6.61 Å². The molecule has 3 aromatic rings. The minimum absolute atomic E-state index is 0.0590. The lowest BCUT2D eigenvalue weighted by molar-refractivity contribution is -0.152. The van der Waals surface area contributed by atoms with E-state index in [1.807, 2.05) is 6.07 Å². The van der Waals surface area contributed by atoms with Gasteiger partial charge < -0.3 is 9.64 Å². The van der Waals surface area contributed by atoms with Crippen LogP contribution >= 0.6 is 23.2 Å². The third-order valence-corrected chi connectivity index (χ3v) is 8.30. The third kappa shape index (κ3) is 6.10. The number of rotatable bonds is 8. The molecule has 2 aromatic carbocycles. The van der Waals surface area contributed by atoms with E-state index in [0.717, 1.165) is 12.8 Å². The van der Waals surface area contributed by atoms with E-state index in [-0.39, 0.29) is 25.1 Å². The lowest BCUT2D eigenvalue weighted by atomic mass is 9.75. The predicted octanol–water partition coefficient (Wildman–Crippen LogP) is 6.04. The zero-order valence-corrected chi connectivity index (χ0v) is 24.1. The number of hydrogen-bond donors (Lipinski definition) is 1. The van der Waals surface area contributed by atoms with Crippen LogP contribution in [0.1, 0.15) is 71.7 Å². The van der Waals surface area contributed by atoms with Crippen LogP contribution in [0.15, 0.2) is 66.9 Å². The summed E-state index contributed by atoms with van der Waals surface area (Å²) in [6.45, 7) is 2.06. The van der Waals surface area contributed by atoms with E-state index in [1.54, 1.807) is 72.6 Å². The fourth-order valence-corrected chi connectivity index (χ4v) is 6.49. The van der Waals surface area contributed by atoms with Crippen molar-refractivity contribution in [1.82, 2.24) is 15.4 Å². The third-order valence-electron chi connectivity index (χ3n) is 7.73. The number of fused-ring (bicyclic) bond motifs is 1. The standard InChI is InChI=1S/C31H31Cl2N3O5/c1-2-40-31(39)24-12-5-6-13-26(24)36-28(23-15-14-19(32)17-25(23)33)27(21-10-3-4-11-22(21)30(36)38)29(37)35-41-18-20-9-7-8-16-34-20/h3-4,7-11,14-17,24,26-28H,2,5-6,12-13,18H2,1H3,(H,35,37). The topological polar surface area (TPSA) is 97.8 Å². The summed E-state index contributed by atoms with van der Waals surface area (Å²) >= 11 is 13.0. The molecule has 1 aromatic heterocycles. The summed E-state index contributed by atoms with van der Waals surface area (Å²) in [6.07, 6.45) is 4.49. The molecule has 1 fully saturated rings. The van der Waals surface area contributed by atoms with Crippen molar-refractivity contribution in [3.63, 3.8) is 0 Å². The van der Waals surface area contributed by atoms with Crippen LogP contribution in [0.2, 0.25) is 10.0 Å². The molecule has 1 N–H and O–H groups in total. The Hall–Kier alpha value is -3.46. The van der Waals surface area contributed by atoms with Crippen LogP contribution in [-0.4, -0.2) is 40.3 Å². The molecule has 4 atom stereocenters. The Labute approximate surface area is 248 Å². The number of nitrogens with zero attached hydrogens (tertiary/aromatic N) is 2. The summed E-state index contributed by atoms with van der Waals surface area (Å²) in [7, 11) is 0. The molecule has 0 radical (unpaired) electrons. The van der Waals surface area contributed by atoms with Crippen molar-refractivity contribution in [1.29, 1.82) is 0 Å². The monoisotopic (exact) mass is 595 g/mol. The molecule has 4 unspecified atom stereocenters. The summed E-state index contributed by atoms with van der Waals surface area (Å²) in [6, 6.07) is 16.1. The Balaban J connectivity index is 1.60. The van der Waals surface area contributed by atoms with Gasteiger partial charge in [-0.1, -0.05) is 66.4 Å². The van der Waals surface area contributed by atoms with Crippen LogP contribution in [0.25, 0.3) is 0 Å². The van der Waals surface area contributed by atoms with E-state index < -0.39 is 29.8 Å². The van der Waals surface area contributed by atoms with Gasteiger partial charge in [-0.15, -0.1) is 0 Å². The largest absolute Gasteiger partial charge is 0.466 e. The summed E-state index contributed by atoms with van der Waals surface area (Å²) in [5, 5.41) is 0.741. The quantitative estimate of drug-likeness (QED) is 0.252. The van der Waals surface area contributed by atoms with Gasteiger partial charge in [0.25, 0.3) is 11.8 Å². The molecule has 1 aliphatic carbocycles. The maximum Gasteiger partial charge on any atom is 0.311 e. The molecule has 2 heterocycles. The molecule has 0 bridgehead atoms. The number of esters is 1. The maximum atomic E-state index is 14.3. The number of carbonyl (C=O) groups excluding carboxylic acids is 3. The minimum atomic E-state index is -0.893.